The number of aliphatic hydroxyl groups excluding tert-OH is 1. The fourth-order valence-corrected chi connectivity index (χ4v) is 4.17. The molecule has 2 aromatic heterocycles. The molecule has 0 unspecified atom stereocenters. The third-order valence-electron chi connectivity index (χ3n) is 5.56. The van der Waals surface area contributed by atoms with Crippen LogP contribution in [0.5, 0.6) is 5.88 Å². The van der Waals surface area contributed by atoms with Crippen molar-refractivity contribution in [1.82, 2.24) is 25.0 Å². The number of nitrogens with two attached hydrogens (primary N) is 1. The van der Waals surface area contributed by atoms with Gasteiger partial charge in [0.1, 0.15) is 17.2 Å². The summed E-state index contributed by atoms with van der Waals surface area (Å²) >= 11 is 0. The Labute approximate surface area is 178 Å². The van der Waals surface area contributed by atoms with E-state index >= 15 is 0 Å². The highest BCUT2D eigenvalue weighted by Gasteiger charge is 2.34. The second-order valence-corrected chi connectivity index (χ2v) is 7.52. The number of methoxy groups -OCH3 is 1. The maximum atomic E-state index is 13.9. The van der Waals surface area contributed by atoms with Gasteiger partial charge >= 0.3 is 0 Å². The van der Waals surface area contributed by atoms with Gasteiger partial charge < -0.3 is 25.8 Å². The van der Waals surface area contributed by atoms with Crippen LogP contribution < -0.4 is 15.8 Å². The average molecular weight is 431 g/mol. The number of nitrogens with one attached hydrogen (secondary N) is 1. The number of carbonyl (C=O) groups is 1. The van der Waals surface area contributed by atoms with Crippen LogP contribution in [0.4, 0.5) is 16.0 Å². The van der Waals surface area contributed by atoms with Crippen LogP contribution in [-0.4, -0.2) is 63.3 Å². The first-order valence-corrected chi connectivity index (χ1v) is 10.3. The SMILES string of the molecule is COc1ncc(F)cc1[C@H]1CCCN1C1=Nc2c(C(=O)NCCCO)c(N)nn2CC1. The van der Waals surface area contributed by atoms with Gasteiger partial charge in [-0.15, -0.1) is 0 Å². The van der Waals surface area contributed by atoms with Crippen molar-refractivity contribution >= 4 is 23.4 Å². The summed E-state index contributed by atoms with van der Waals surface area (Å²) in [6.07, 6.45) is 3.93. The predicted molar refractivity (Wildman–Crippen MR) is 112 cm³/mol. The number of aliphatic hydroxyl groups is 1. The second kappa shape index (κ2) is 8.88. The Morgan fingerprint density at radius 2 is 2.29 bits per heavy atom. The van der Waals surface area contributed by atoms with Crippen LogP contribution in [0.3, 0.4) is 0 Å². The van der Waals surface area contributed by atoms with E-state index in [9.17, 15) is 9.18 Å². The normalized spacial score (nSPS) is 18.0. The number of hydrogen-bond donors (Lipinski definition) is 3. The van der Waals surface area contributed by atoms with Crippen LogP contribution >= 0.6 is 0 Å². The number of pyridine rings is 1. The zero-order valence-electron chi connectivity index (χ0n) is 17.3. The molecule has 1 amide bonds. The van der Waals surface area contributed by atoms with Gasteiger partial charge in [0.25, 0.3) is 5.91 Å². The fraction of sp³-hybridized carbons (Fsp3) is 0.500. The molecule has 0 spiro atoms. The molecule has 2 aliphatic rings. The Hall–Kier alpha value is -3.21. The number of hydrogen-bond acceptors (Lipinski definition) is 8. The molecule has 0 saturated carbocycles. The second-order valence-electron chi connectivity index (χ2n) is 7.52. The Morgan fingerprint density at radius 1 is 1.45 bits per heavy atom. The summed E-state index contributed by atoms with van der Waals surface area (Å²) in [7, 11) is 1.52. The Kier molecular flexibility index (Phi) is 6.03. The van der Waals surface area contributed by atoms with Gasteiger partial charge in [-0.2, -0.15) is 5.10 Å². The molecular formula is C20H26FN7O3. The molecule has 10 nitrogen and oxygen atoms in total. The monoisotopic (exact) mass is 431 g/mol. The molecular weight excluding hydrogens is 405 g/mol. The van der Waals surface area contributed by atoms with Crippen molar-refractivity contribution in [3.63, 3.8) is 0 Å². The summed E-state index contributed by atoms with van der Waals surface area (Å²) in [4.78, 5) is 23.6. The fourth-order valence-electron chi connectivity index (χ4n) is 4.17. The first kappa shape index (κ1) is 21.0. The van der Waals surface area contributed by atoms with Crippen LogP contribution in [0.25, 0.3) is 0 Å². The number of carbonyl (C=O) groups excluding carboxylic acids is 1. The van der Waals surface area contributed by atoms with E-state index in [0.29, 0.717) is 43.2 Å². The van der Waals surface area contributed by atoms with Crippen molar-refractivity contribution in [1.29, 1.82) is 0 Å². The lowest BCUT2D eigenvalue weighted by Gasteiger charge is -2.30. The Bertz CT molecular complexity index is 1010. The first-order valence-electron chi connectivity index (χ1n) is 10.3. The predicted octanol–water partition coefficient (Wildman–Crippen LogP) is 1.39. The van der Waals surface area contributed by atoms with Gasteiger partial charge in [0, 0.05) is 31.7 Å². The lowest BCUT2D eigenvalue weighted by molar-refractivity contribution is 0.0952. The Balaban J connectivity index is 1.65. The number of amidine groups is 1. The zero-order chi connectivity index (χ0) is 22.0. The highest BCUT2D eigenvalue weighted by molar-refractivity contribution is 6.04. The number of likely N-dealkylation sites (tertiary alicyclic amines) is 1. The molecule has 0 bridgehead atoms. The van der Waals surface area contributed by atoms with Crippen LogP contribution in [-0.2, 0) is 6.54 Å². The summed E-state index contributed by atoms with van der Waals surface area (Å²) in [6.45, 7) is 1.60. The van der Waals surface area contributed by atoms with Gasteiger partial charge in [-0.1, -0.05) is 0 Å². The number of nitrogen functional groups attached to an aromatic ring is 1. The largest absolute Gasteiger partial charge is 0.481 e. The average Bonchev–Trinajstić information content (AvgIpc) is 3.37. The molecule has 1 saturated heterocycles. The van der Waals surface area contributed by atoms with Gasteiger partial charge in [0.15, 0.2) is 11.6 Å². The van der Waals surface area contributed by atoms with E-state index in [1.165, 1.54) is 13.2 Å². The number of nitrogens with zero attached hydrogens (tertiary/aromatic N) is 5. The molecule has 4 N–H and O–H groups in total. The molecule has 166 valence electrons. The van der Waals surface area contributed by atoms with Gasteiger partial charge in [-0.25, -0.2) is 19.0 Å². The lowest BCUT2D eigenvalue weighted by atomic mass is 10.1. The van der Waals surface area contributed by atoms with Crippen LogP contribution in [0, 0.1) is 5.82 Å². The minimum atomic E-state index is -0.416. The summed E-state index contributed by atoms with van der Waals surface area (Å²) in [6, 6.07) is 1.34. The number of amides is 1. The molecule has 0 aromatic carbocycles. The van der Waals surface area contributed by atoms with E-state index in [1.807, 2.05) is 0 Å². The molecule has 2 aliphatic heterocycles. The summed E-state index contributed by atoms with van der Waals surface area (Å²) in [5.41, 5.74) is 6.92. The van der Waals surface area contributed by atoms with Gasteiger partial charge in [-0.3, -0.25) is 4.79 Å². The number of halogens is 1. The van der Waals surface area contributed by atoms with Crippen molar-refractivity contribution in [3.8, 4) is 5.88 Å². The molecule has 4 rings (SSSR count). The van der Waals surface area contributed by atoms with E-state index in [4.69, 9.17) is 20.6 Å². The van der Waals surface area contributed by atoms with Crippen molar-refractivity contribution in [2.45, 2.75) is 38.3 Å². The van der Waals surface area contributed by atoms with Crippen molar-refractivity contribution < 1.29 is 19.0 Å². The number of anilines is 1. The van der Waals surface area contributed by atoms with Crippen molar-refractivity contribution in [3.05, 3.63) is 29.2 Å². The highest BCUT2D eigenvalue weighted by atomic mass is 19.1. The van der Waals surface area contributed by atoms with Gasteiger partial charge in [0.2, 0.25) is 5.88 Å². The molecule has 1 fully saturated rings. The van der Waals surface area contributed by atoms with Crippen molar-refractivity contribution in [2.24, 2.45) is 4.99 Å². The van der Waals surface area contributed by atoms with Gasteiger partial charge in [-0.05, 0) is 25.3 Å². The zero-order valence-corrected chi connectivity index (χ0v) is 17.3. The number of aliphatic imine (C=N–C) groups is 1. The van der Waals surface area contributed by atoms with Crippen LogP contribution in [0.15, 0.2) is 17.3 Å². The quantitative estimate of drug-likeness (QED) is 0.589. The molecule has 1 atom stereocenters. The smallest absolute Gasteiger partial charge is 0.258 e. The summed E-state index contributed by atoms with van der Waals surface area (Å²) in [5, 5.41) is 15.9. The molecule has 11 heteroatoms. The first-order chi connectivity index (χ1) is 15.0. The third-order valence-corrected chi connectivity index (χ3v) is 5.56. The number of ether oxygens (including phenoxy) is 1. The molecule has 4 heterocycles. The number of fused-ring (bicyclic) bond motifs is 1. The topological polar surface area (TPSA) is 131 Å². The number of aromatic nitrogens is 3. The van der Waals surface area contributed by atoms with E-state index in [0.717, 1.165) is 31.4 Å². The standard InChI is InChI=1S/C20H26FN7O3/c1-31-20-13(10-12(21)11-24-20)14-4-2-7-27(14)15-5-8-28-18(25-15)16(17(22)26-28)19(30)23-6-3-9-29/h10-11,14,29H,2-9H2,1H3,(H2,22,26)(H,23,30)/t14-/m1/s1. The third kappa shape index (κ3) is 4.05. The lowest BCUT2D eigenvalue weighted by Crippen LogP contribution is -2.33. The van der Waals surface area contributed by atoms with Crippen LogP contribution in [0.1, 0.15) is 47.6 Å². The Morgan fingerprint density at radius 3 is 3.06 bits per heavy atom. The minimum Gasteiger partial charge on any atom is -0.481 e. The van der Waals surface area contributed by atoms with Crippen LogP contribution in [0.2, 0.25) is 0 Å². The number of aryl methyl sites for hydroxylation is 1. The maximum Gasteiger partial charge on any atom is 0.258 e. The summed E-state index contributed by atoms with van der Waals surface area (Å²) in [5.74, 6) is 0.941. The molecule has 0 radical (unpaired) electrons. The highest BCUT2D eigenvalue weighted by Crippen LogP contribution is 2.39. The van der Waals surface area contributed by atoms with E-state index in [2.05, 4.69) is 20.3 Å². The molecule has 2 aromatic rings. The summed E-state index contributed by atoms with van der Waals surface area (Å²) < 4.78 is 20.9. The van der Waals surface area contributed by atoms with E-state index < -0.39 is 5.82 Å². The van der Waals surface area contributed by atoms with E-state index in [-0.39, 0.29) is 29.9 Å². The number of rotatable bonds is 6. The maximum absolute atomic E-state index is 13.9. The molecule has 31 heavy (non-hydrogen) atoms. The minimum absolute atomic E-state index is 0.0149. The van der Waals surface area contributed by atoms with E-state index in [1.54, 1.807) is 4.68 Å². The van der Waals surface area contributed by atoms with Crippen molar-refractivity contribution in [2.75, 3.05) is 32.5 Å². The molecule has 0 aliphatic carbocycles. The van der Waals surface area contributed by atoms with Gasteiger partial charge in [0.05, 0.1) is 25.9 Å².